The molecule has 2 atom stereocenters. The first-order chi connectivity index (χ1) is 8.59. The highest BCUT2D eigenvalue weighted by Gasteiger charge is 2.33. The van der Waals surface area contributed by atoms with Crippen LogP contribution in [-0.4, -0.2) is 39.9 Å². The first-order valence-electron chi connectivity index (χ1n) is 5.74. The van der Waals surface area contributed by atoms with Crippen molar-refractivity contribution in [2.24, 2.45) is 0 Å². The van der Waals surface area contributed by atoms with Gasteiger partial charge in [-0.05, 0) is 25.6 Å². The largest absolute Gasteiger partial charge is 0.372 e. The number of aliphatic hydroxyl groups is 1. The number of carbonyl (C=O) groups excluding carboxylic acids is 2. The zero-order valence-electron chi connectivity index (χ0n) is 10.0. The highest BCUT2D eigenvalue weighted by molar-refractivity contribution is 6.00. The monoisotopic (exact) mass is 249 g/mol. The van der Waals surface area contributed by atoms with Crippen LogP contribution in [-0.2, 0) is 9.59 Å². The van der Waals surface area contributed by atoms with Crippen molar-refractivity contribution in [3.8, 4) is 0 Å². The number of pyridine rings is 1. The molecule has 0 aliphatic carbocycles. The second-order valence-corrected chi connectivity index (χ2v) is 4.26. The molecule has 0 bridgehead atoms. The smallest absolute Gasteiger partial charge is 0.243 e. The van der Waals surface area contributed by atoms with Gasteiger partial charge in [0.2, 0.25) is 11.8 Å². The molecule has 2 heterocycles. The Kier molecular flexibility index (Phi) is 3.69. The Hall–Kier alpha value is -1.79. The van der Waals surface area contributed by atoms with E-state index in [9.17, 15) is 14.7 Å². The number of carbonyl (C=O) groups is 2. The minimum atomic E-state index is -0.963. The van der Waals surface area contributed by atoms with Crippen molar-refractivity contribution in [2.75, 3.05) is 7.05 Å². The number of hydrogen-bond donors (Lipinski definition) is 2. The number of nitrogens with one attached hydrogen (secondary N) is 1. The van der Waals surface area contributed by atoms with Crippen LogP contribution in [0.4, 0.5) is 0 Å². The zero-order valence-corrected chi connectivity index (χ0v) is 10.0. The number of amides is 2. The number of imide groups is 1. The molecular formula is C12H15N3O3. The van der Waals surface area contributed by atoms with Crippen molar-refractivity contribution in [1.29, 1.82) is 0 Å². The lowest BCUT2D eigenvalue weighted by Gasteiger charge is -2.32. The number of rotatable bonds is 3. The van der Waals surface area contributed by atoms with Crippen molar-refractivity contribution < 1.29 is 14.7 Å². The summed E-state index contributed by atoms with van der Waals surface area (Å²) in [5.41, 5.74) is 0.477. The Morgan fingerprint density at radius 1 is 1.50 bits per heavy atom. The molecular weight excluding hydrogens is 234 g/mol. The molecule has 2 rings (SSSR count). The van der Waals surface area contributed by atoms with Crippen molar-refractivity contribution in [3.05, 3.63) is 30.1 Å². The van der Waals surface area contributed by atoms with Gasteiger partial charge in [0.15, 0.2) is 6.23 Å². The topological polar surface area (TPSA) is 82.5 Å². The molecule has 1 aliphatic rings. The molecule has 2 N–H and O–H groups in total. The first-order valence-corrected chi connectivity index (χ1v) is 5.74. The summed E-state index contributed by atoms with van der Waals surface area (Å²) in [6, 6.07) is 4.69. The average Bonchev–Trinajstić information content (AvgIpc) is 2.38. The molecule has 2 amide bonds. The fraction of sp³-hybridized carbons (Fsp3) is 0.417. The van der Waals surface area contributed by atoms with Crippen LogP contribution >= 0.6 is 0 Å². The lowest BCUT2D eigenvalue weighted by molar-refractivity contribution is -0.141. The predicted molar refractivity (Wildman–Crippen MR) is 63.1 cm³/mol. The molecule has 18 heavy (non-hydrogen) atoms. The van der Waals surface area contributed by atoms with Gasteiger partial charge in [-0.15, -0.1) is 0 Å². The summed E-state index contributed by atoms with van der Waals surface area (Å²) in [6.45, 7) is 0. The van der Waals surface area contributed by atoms with E-state index in [0.717, 1.165) is 0 Å². The molecule has 1 fully saturated rings. The highest BCUT2D eigenvalue weighted by atomic mass is 16.3. The standard InChI is InChI=1S/C12H15N3O3/c1-15(9-5-6-10(16)14-11(9)17)12(18)8-4-2-3-7-13-8/h2-4,7,9,12,18H,5-6H2,1H3,(H,14,16,17). The van der Waals surface area contributed by atoms with Crippen LogP contribution in [0.5, 0.6) is 0 Å². The Morgan fingerprint density at radius 2 is 2.28 bits per heavy atom. The van der Waals surface area contributed by atoms with Crippen molar-refractivity contribution in [1.82, 2.24) is 15.2 Å². The Morgan fingerprint density at radius 3 is 2.89 bits per heavy atom. The second-order valence-electron chi connectivity index (χ2n) is 4.26. The van der Waals surface area contributed by atoms with Crippen molar-refractivity contribution in [2.45, 2.75) is 25.1 Å². The number of aliphatic hydroxyl groups excluding tert-OH is 1. The van der Waals surface area contributed by atoms with E-state index in [1.807, 2.05) is 0 Å². The quantitative estimate of drug-likeness (QED) is 0.573. The van der Waals surface area contributed by atoms with E-state index < -0.39 is 12.3 Å². The van der Waals surface area contributed by atoms with Gasteiger partial charge < -0.3 is 5.11 Å². The third-order valence-electron chi connectivity index (χ3n) is 3.04. The third kappa shape index (κ3) is 2.55. The minimum Gasteiger partial charge on any atom is -0.372 e. The van der Waals surface area contributed by atoms with Gasteiger partial charge in [-0.3, -0.25) is 24.8 Å². The van der Waals surface area contributed by atoms with E-state index in [1.165, 1.54) is 4.90 Å². The average molecular weight is 249 g/mol. The number of nitrogens with zero attached hydrogens (tertiary/aromatic N) is 2. The third-order valence-corrected chi connectivity index (χ3v) is 3.04. The molecule has 1 aliphatic heterocycles. The summed E-state index contributed by atoms with van der Waals surface area (Å²) in [5.74, 6) is -0.638. The Balaban J connectivity index is 2.09. The zero-order chi connectivity index (χ0) is 13.1. The summed E-state index contributed by atoms with van der Waals surface area (Å²) < 4.78 is 0. The van der Waals surface area contributed by atoms with E-state index in [2.05, 4.69) is 10.3 Å². The van der Waals surface area contributed by atoms with Crippen LogP contribution in [0.1, 0.15) is 24.8 Å². The van der Waals surface area contributed by atoms with Crippen LogP contribution < -0.4 is 5.32 Å². The van der Waals surface area contributed by atoms with Crippen LogP contribution in [0.25, 0.3) is 0 Å². The molecule has 0 spiro atoms. The molecule has 1 saturated heterocycles. The van der Waals surface area contributed by atoms with Gasteiger partial charge in [0.05, 0.1) is 11.7 Å². The lowest BCUT2D eigenvalue weighted by Crippen LogP contribution is -2.52. The molecule has 6 heteroatoms. The van der Waals surface area contributed by atoms with Gasteiger partial charge >= 0.3 is 0 Å². The van der Waals surface area contributed by atoms with Gasteiger partial charge in [-0.1, -0.05) is 6.07 Å². The van der Waals surface area contributed by atoms with Crippen LogP contribution in [0.2, 0.25) is 0 Å². The lowest BCUT2D eigenvalue weighted by atomic mass is 10.0. The number of piperidine rings is 1. The van der Waals surface area contributed by atoms with Crippen molar-refractivity contribution in [3.63, 3.8) is 0 Å². The van der Waals surface area contributed by atoms with Crippen LogP contribution in [0, 0.1) is 0 Å². The van der Waals surface area contributed by atoms with Crippen LogP contribution in [0.15, 0.2) is 24.4 Å². The summed E-state index contributed by atoms with van der Waals surface area (Å²) in [6.07, 6.45) is 1.31. The normalized spacial score (nSPS) is 21.8. The Bertz CT molecular complexity index is 449. The van der Waals surface area contributed by atoms with Gasteiger partial charge in [-0.2, -0.15) is 0 Å². The van der Waals surface area contributed by atoms with E-state index in [4.69, 9.17) is 0 Å². The maximum Gasteiger partial charge on any atom is 0.243 e. The first kappa shape index (κ1) is 12.7. The molecule has 96 valence electrons. The number of likely N-dealkylation sites (N-methyl/N-ethyl adjacent to an activating group) is 1. The minimum absolute atomic E-state index is 0.267. The highest BCUT2D eigenvalue weighted by Crippen LogP contribution is 2.20. The number of aromatic nitrogens is 1. The summed E-state index contributed by atoms with van der Waals surface area (Å²) in [7, 11) is 1.64. The maximum atomic E-state index is 11.7. The summed E-state index contributed by atoms with van der Waals surface area (Å²) >= 11 is 0. The molecule has 0 radical (unpaired) electrons. The van der Waals surface area contributed by atoms with Crippen molar-refractivity contribution >= 4 is 11.8 Å². The van der Waals surface area contributed by atoms with Gasteiger partial charge in [-0.25, -0.2) is 0 Å². The molecule has 2 unspecified atom stereocenters. The molecule has 1 aromatic rings. The second kappa shape index (κ2) is 5.24. The summed E-state index contributed by atoms with van der Waals surface area (Å²) in [5, 5.41) is 12.4. The van der Waals surface area contributed by atoms with E-state index in [-0.39, 0.29) is 18.2 Å². The van der Waals surface area contributed by atoms with Crippen LogP contribution in [0.3, 0.4) is 0 Å². The number of hydrogen-bond acceptors (Lipinski definition) is 5. The molecule has 6 nitrogen and oxygen atoms in total. The van der Waals surface area contributed by atoms with E-state index in [0.29, 0.717) is 12.1 Å². The van der Waals surface area contributed by atoms with Gasteiger partial charge in [0, 0.05) is 12.6 Å². The Labute approximate surface area is 105 Å². The molecule has 0 saturated carbocycles. The maximum absolute atomic E-state index is 11.7. The van der Waals surface area contributed by atoms with Gasteiger partial charge in [0.25, 0.3) is 0 Å². The van der Waals surface area contributed by atoms with E-state index >= 15 is 0 Å². The predicted octanol–water partition coefficient (Wildman–Crippen LogP) is -0.191. The summed E-state index contributed by atoms with van der Waals surface area (Å²) in [4.78, 5) is 28.3. The van der Waals surface area contributed by atoms with E-state index in [1.54, 1.807) is 31.4 Å². The molecule has 1 aromatic heterocycles. The fourth-order valence-electron chi connectivity index (χ4n) is 1.98. The molecule has 0 aromatic carbocycles. The fourth-order valence-corrected chi connectivity index (χ4v) is 1.98. The SMILES string of the molecule is CN(C1CCC(=O)NC1=O)C(O)c1ccccn1. The van der Waals surface area contributed by atoms with Gasteiger partial charge in [0.1, 0.15) is 0 Å².